The number of sulfonamides is 1. The van der Waals surface area contributed by atoms with Crippen molar-refractivity contribution in [3.05, 3.63) is 41.6 Å². The molecule has 12 nitrogen and oxygen atoms in total. The van der Waals surface area contributed by atoms with Gasteiger partial charge in [0.25, 0.3) is 0 Å². The van der Waals surface area contributed by atoms with Crippen LogP contribution in [0.4, 0.5) is 8.78 Å². The van der Waals surface area contributed by atoms with Gasteiger partial charge in [-0.2, -0.15) is 8.78 Å². The van der Waals surface area contributed by atoms with E-state index in [1.165, 1.54) is 12.1 Å². The summed E-state index contributed by atoms with van der Waals surface area (Å²) in [7, 11) is -3.98. The van der Waals surface area contributed by atoms with E-state index in [0.29, 0.717) is 67.3 Å². The molecule has 58 heavy (non-hydrogen) atoms. The molecular weight excluding hydrogens is 773 g/mol. The van der Waals surface area contributed by atoms with Gasteiger partial charge < -0.3 is 19.1 Å². The van der Waals surface area contributed by atoms with E-state index in [1.54, 1.807) is 24.8 Å². The van der Waals surface area contributed by atoms with E-state index in [1.807, 2.05) is 12.2 Å². The van der Waals surface area contributed by atoms with Crippen LogP contribution in [0.3, 0.4) is 0 Å². The summed E-state index contributed by atoms with van der Waals surface area (Å²) in [5, 5.41) is 0.602. The second-order valence-corrected chi connectivity index (χ2v) is 20.1. The number of carbonyl (C=O) groups excluding carboxylic acids is 4. The highest BCUT2D eigenvalue weighted by molar-refractivity contribution is 7.91. The lowest BCUT2D eigenvalue weighted by atomic mass is 9.85. The number of carbonyl (C=O) groups is 4. The molecule has 0 radical (unpaired) electrons. The Morgan fingerprint density at radius 3 is 2.55 bits per heavy atom. The maximum absolute atomic E-state index is 14.9. The third-order valence-electron chi connectivity index (χ3n) is 13.7. The van der Waals surface area contributed by atoms with Crippen LogP contribution in [-0.4, -0.2) is 77.5 Å². The van der Waals surface area contributed by atoms with Gasteiger partial charge in [0, 0.05) is 29.7 Å². The second kappa shape index (κ2) is 15.5. The van der Waals surface area contributed by atoms with Crippen molar-refractivity contribution in [2.45, 2.75) is 152 Å². The molecule has 2 amide bonds. The van der Waals surface area contributed by atoms with Crippen molar-refractivity contribution in [2.24, 2.45) is 17.3 Å². The monoisotopic (exact) mass is 825 g/mol. The fourth-order valence-electron chi connectivity index (χ4n) is 9.76. The van der Waals surface area contributed by atoms with E-state index in [4.69, 9.17) is 14.5 Å². The van der Waals surface area contributed by atoms with Gasteiger partial charge in [-0.3, -0.25) is 23.9 Å². The molecule has 314 valence electrons. The third-order valence-corrected chi connectivity index (χ3v) is 15.8. The fraction of sp³-hybridized carbons (Fsp3) is 0.651. The van der Waals surface area contributed by atoms with Crippen molar-refractivity contribution < 1.29 is 50.6 Å². The molecule has 6 aliphatic rings. The molecule has 5 atom stereocenters. The lowest BCUT2D eigenvalue weighted by Gasteiger charge is -2.36. The van der Waals surface area contributed by atoms with Gasteiger partial charge in [0.15, 0.2) is 5.78 Å². The summed E-state index contributed by atoms with van der Waals surface area (Å²) >= 11 is 0. The average molecular weight is 826 g/mol. The zero-order valence-corrected chi connectivity index (χ0v) is 34.1. The summed E-state index contributed by atoms with van der Waals surface area (Å²) in [5.74, 6) is -2.50. The highest BCUT2D eigenvalue weighted by atomic mass is 32.2. The SMILES string of the molecule is Cc1nc2ccc(OC(F)F)cc2c2c1O[C@]1(CC2)C[C@H]2C(=O)C[C@]3(C(=O)NS(=O)(=O)C4(C)CC4)C[C@H]3/C=C\CCCCC[C@H](CC(=O)OC3CCCC3)C(=O)N2C1. The molecule has 1 aromatic heterocycles. The molecular formula is C43H53F2N3O9S. The molecule has 0 unspecified atom stereocenters. The third kappa shape index (κ3) is 7.95. The lowest BCUT2D eigenvalue weighted by molar-refractivity contribution is -0.154. The smallest absolute Gasteiger partial charge is 0.387 e. The molecule has 15 heteroatoms. The number of ketones is 1. The number of esters is 1. The zero-order chi connectivity index (χ0) is 41.0. The minimum atomic E-state index is -3.98. The van der Waals surface area contributed by atoms with Crippen molar-refractivity contribution in [1.82, 2.24) is 14.6 Å². The molecule has 1 spiro atoms. The first-order chi connectivity index (χ1) is 27.6. The van der Waals surface area contributed by atoms with E-state index in [0.717, 1.165) is 50.5 Å². The van der Waals surface area contributed by atoms with Crippen molar-refractivity contribution in [2.75, 3.05) is 6.54 Å². The van der Waals surface area contributed by atoms with Crippen LogP contribution in [0.5, 0.6) is 11.5 Å². The highest BCUT2D eigenvalue weighted by Gasteiger charge is 2.63. The summed E-state index contributed by atoms with van der Waals surface area (Å²) in [5.41, 5.74) is -0.423. The molecule has 0 bridgehead atoms. The number of alkyl halides is 2. The standard InChI is InChI=1S/C43H53F2N3O9S/c1-26-37-31(32-21-30(56-40(44)45)14-15-33(32)46-26)16-17-42(57-37)23-34-35(49)24-43(39(52)47-58(53,54)41(2)18-19-41)22-28(43)11-7-5-3-4-6-10-27(38(51)48(34)25-42)20-36(50)55-29-12-8-9-13-29/h7,11,14-15,21,27-29,34,40H,3-6,8-10,12-13,16-20,22-25H2,1-2H3,(H,47,52)/b11-7-/t27-,28-,34+,42-,43-/m1/s1. The van der Waals surface area contributed by atoms with Crippen LogP contribution in [0.25, 0.3) is 10.9 Å². The minimum Gasteiger partial charge on any atom is -0.483 e. The van der Waals surface area contributed by atoms with Gasteiger partial charge in [-0.25, -0.2) is 13.4 Å². The Morgan fingerprint density at radius 2 is 1.81 bits per heavy atom. The largest absolute Gasteiger partial charge is 0.483 e. The summed E-state index contributed by atoms with van der Waals surface area (Å²) < 4.78 is 71.5. The summed E-state index contributed by atoms with van der Waals surface area (Å²) in [6.45, 7) is 0.428. The van der Waals surface area contributed by atoms with Gasteiger partial charge in [0.05, 0.1) is 40.4 Å². The fourth-order valence-corrected chi connectivity index (χ4v) is 11.1. The highest BCUT2D eigenvalue weighted by Crippen LogP contribution is 2.58. The van der Waals surface area contributed by atoms with Gasteiger partial charge in [0.1, 0.15) is 23.2 Å². The van der Waals surface area contributed by atoms with Crippen molar-refractivity contribution in [3.8, 4) is 11.5 Å². The number of Topliss-reactive ketones (excluding diaryl/α,β-unsaturated/α-hetero) is 1. The maximum atomic E-state index is 14.9. The first-order valence-corrected chi connectivity index (χ1v) is 22.4. The van der Waals surface area contributed by atoms with Crippen LogP contribution in [0, 0.1) is 24.2 Å². The number of amides is 2. The number of hydrogen-bond acceptors (Lipinski definition) is 10. The normalized spacial score (nSPS) is 30.4. The second-order valence-electron chi connectivity index (χ2n) is 17.9. The molecule has 3 saturated carbocycles. The van der Waals surface area contributed by atoms with E-state index < -0.39 is 56.2 Å². The van der Waals surface area contributed by atoms with Gasteiger partial charge >= 0.3 is 12.6 Å². The van der Waals surface area contributed by atoms with Crippen LogP contribution >= 0.6 is 0 Å². The Morgan fingerprint density at radius 1 is 1.05 bits per heavy atom. The number of aromatic nitrogens is 1. The molecule has 3 aliphatic carbocycles. The number of halogens is 2. The predicted octanol–water partition coefficient (Wildman–Crippen LogP) is 6.79. The number of ether oxygens (including phenoxy) is 3. The van der Waals surface area contributed by atoms with E-state index in [2.05, 4.69) is 9.46 Å². The number of nitrogens with one attached hydrogen (secondary N) is 1. The van der Waals surface area contributed by atoms with Crippen LogP contribution in [-0.2, 0) is 40.4 Å². The number of rotatable bonds is 8. The Balaban J connectivity index is 1.12. The molecule has 1 aromatic carbocycles. The number of nitrogens with zero attached hydrogens (tertiary/aromatic N) is 2. The Hall–Kier alpha value is -4.14. The molecule has 8 rings (SSSR count). The number of hydrogen-bond donors (Lipinski definition) is 1. The number of fused-ring (bicyclic) bond motifs is 5. The number of benzene rings is 1. The van der Waals surface area contributed by atoms with Crippen molar-refractivity contribution >= 4 is 44.5 Å². The maximum Gasteiger partial charge on any atom is 0.387 e. The Labute approximate surface area is 337 Å². The van der Waals surface area contributed by atoms with Gasteiger partial charge in [-0.15, -0.1) is 0 Å². The molecule has 3 aliphatic heterocycles. The Bertz CT molecular complexity index is 2140. The molecule has 1 N–H and O–H groups in total. The van der Waals surface area contributed by atoms with Crippen LogP contribution in [0.15, 0.2) is 30.4 Å². The van der Waals surface area contributed by atoms with E-state index in [9.17, 15) is 36.4 Å². The number of allylic oxidation sites excluding steroid dienone is 2. The first kappa shape index (κ1) is 40.6. The molecule has 4 heterocycles. The minimum absolute atomic E-state index is 0.0127. The predicted molar refractivity (Wildman–Crippen MR) is 208 cm³/mol. The Kier molecular flexibility index (Phi) is 10.8. The summed E-state index contributed by atoms with van der Waals surface area (Å²) in [4.78, 5) is 63.3. The van der Waals surface area contributed by atoms with E-state index >= 15 is 0 Å². The van der Waals surface area contributed by atoms with Gasteiger partial charge in [-0.1, -0.05) is 25.0 Å². The van der Waals surface area contributed by atoms with Crippen molar-refractivity contribution in [1.29, 1.82) is 0 Å². The zero-order valence-electron chi connectivity index (χ0n) is 33.2. The lowest BCUT2D eigenvalue weighted by Crippen LogP contribution is -2.48. The van der Waals surface area contributed by atoms with Gasteiger partial charge in [0.2, 0.25) is 21.8 Å². The quantitative estimate of drug-likeness (QED) is 0.222. The van der Waals surface area contributed by atoms with Crippen molar-refractivity contribution in [3.63, 3.8) is 0 Å². The van der Waals surface area contributed by atoms with Gasteiger partial charge in [-0.05, 0) is 115 Å². The van der Waals surface area contributed by atoms with Crippen LogP contribution in [0.1, 0.15) is 121 Å². The average Bonchev–Trinajstić information content (AvgIpc) is 3.97. The van der Waals surface area contributed by atoms with Crippen LogP contribution < -0.4 is 14.2 Å². The molecule has 2 aromatic rings. The van der Waals surface area contributed by atoms with Crippen LogP contribution in [0.2, 0.25) is 0 Å². The summed E-state index contributed by atoms with van der Waals surface area (Å²) in [6, 6.07) is 3.56. The number of pyridine rings is 1. The van der Waals surface area contributed by atoms with E-state index in [-0.39, 0.29) is 55.3 Å². The molecule has 1 saturated heterocycles. The molecule has 4 fully saturated rings. The first-order valence-electron chi connectivity index (χ1n) is 20.9. The topological polar surface area (TPSA) is 158 Å². The summed E-state index contributed by atoms with van der Waals surface area (Å²) in [6.07, 6.45) is 12.5. The number of aryl methyl sites for hydroxylation is 2.